The Balaban J connectivity index is 2.29. The summed E-state index contributed by atoms with van der Waals surface area (Å²) >= 11 is 6.50. The van der Waals surface area contributed by atoms with Crippen molar-refractivity contribution >= 4 is 11.6 Å². The van der Waals surface area contributed by atoms with Crippen molar-refractivity contribution in [2.24, 2.45) is 7.05 Å². The number of hydrogen-bond acceptors (Lipinski definition) is 2. The smallest absolute Gasteiger partial charge is 0.0728 e. The molecular formula is C17H24ClN3. The van der Waals surface area contributed by atoms with Crippen molar-refractivity contribution in [3.8, 4) is 11.1 Å². The number of benzene rings is 1. The third kappa shape index (κ3) is 3.86. The molecule has 0 bridgehead atoms. The summed E-state index contributed by atoms with van der Waals surface area (Å²) in [7, 11) is 1.95. The lowest BCUT2D eigenvalue weighted by Crippen LogP contribution is -2.13. The molecule has 1 aromatic heterocycles. The number of halogens is 1. The summed E-state index contributed by atoms with van der Waals surface area (Å²) in [4.78, 5) is 0. The van der Waals surface area contributed by atoms with Crippen LogP contribution in [0.3, 0.4) is 0 Å². The molecule has 2 aromatic rings. The van der Waals surface area contributed by atoms with Crippen LogP contribution in [-0.2, 0) is 13.6 Å². The largest absolute Gasteiger partial charge is 0.313 e. The Morgan fingerprint density at radius 2 is 2.05 bits per heavy atom. The SMILES string of the molecule is CCCNCc1ccc(-c2cn(C)nc2C(C)C)c(Cl)c1. The van der Waals surface area contributed by atoms with Crippen LogP contribution in [0.2, 0.25) is 5.02 Å². The highest BCUT2D eigenvalue weighted by Crippen LogP contribution is 2.33. The maximum Gasteiger partial charge on any atom is 0.0728 e. The van der Waals surface area contributed by atoms with E-state index in [-0.39, 0.29) is 0 Å². The fourth-order valence-electron chi connectivity index (χ4n) is 2.44. The second-order valence-corrected chi connectivity index (χ2v) is 6.15. The van der Waals surface area contributed by atoms with E-state index in [4.69, 9.17) is 11.6 Å². The Morgan fingerprint density at radius 3 is 2.67 bits per heavy atom. The molecule has 4 heteroatoms. The minimum Gasteiger partial charge on any atom is -0.313 e. The maximum absolute atomic E-state index is 6.50. The molecule has 2 rings (SSSR count). The van der Waals surface area contributed by atoms with Crippen LogP contribution in [0.1, 0.15) is 44.4 Å². The minimum atomic E-state index is 0.378. The molecule has 0 saturated carbocycles. The molecule has 0 atom stereocenters. The summed E-state index contributed by atoms with van der Waals surface area (Å²) in [5.41, 5.74) is 4.50. The van der Waals surface area contributed by atoms with Crippen molar-refractivity contribution in [1.29, 1.82) is 0 Å². The van der Waals surface area contributed by atoms with Crippen LogP contribution in [0, 0.1) is 0 Å². The number of nitrogens with one attached hydrogen (secondary N) is 1. The van der Waals surface area contributed by atoms with Gasteiger partial charge < -0.3 is 5.32 Å². The Kier molecular flexibility index (Phi) is 5.43. The van der Waals surface area contributed by atoms with E-state index in [0.717, 1.165) is 41.4 Å². The lowest BCUT2D eigenvalue weighted by Gasteiger charge is -2.09. The molecular weight excluding hydrogens is 282 g/mol. The van der Waals surface area contributed by atoms with E-state index >= 15 is 0 Å². The molecule has 0 aliphatic carbocycles. The average Bonchev–Trinajstić information content (AvgIpc) is 2.81. The zero-order valence-electron chi connectivity index (χ0n) is 13.3. The van der Waals surface area contributed by atoms with Gasteiger partial charge in [-0.3, -0.25) is 4.68 Å². The van der Waals surface area contributed by atoms with Crippen LogP contribution < -0.4 is 5.32 Å². The van der Waals surface area contributed by atoms with E-state index in [2.05, 4.69) is 49.4 Å². The Labute approximate surface area is 132 Å². The van der Waals surface area contributed by atoms with Gasteiger partial charge in [0.1, 0.15) is 0 Å². The first-order valence-corrected chi connectivity index (χ1v) is 7.93. The maximum atomic E-state index is 6.50. The minimum absolute atomic E-state index is 0.378. The highest BCUT2D eigenvalue weighted by molar-refractivity contribution is 6.33. The molecule has 0 fully saturated rings. The summed E-state index contributed by atoms with van der Waals surface area (Å²) in [6, 6.07) is 6.30. The first kappa shape index (κ1) is 16.1. The first-order valence-electron chi connectivity index (χ1n) is 7.56. The van der Waals surface area contributed by atoms with Gasteiger partial charge in [0, 0.05) is 35.9 Å². The van der Waals surface area contributed by atoms with Crippen LogP contribution in [0.4, 0.5) is 0 Å². The molecule has 3 nitrogen and oxygen atoms in total. The second-order valence-electron chi connectivity index (χ2n) is 5.75. The van der Waals surface area contributed by atoms with Crippen LogP contribution in [0.5, 0.6) is 0 Å². The van der Waals surface area contributed by atoms with Gasteiger partial charge in [0.25, 0.3) is 0 Å². The van der Waals surface area contributed by atoms with Gasteiger partial charge in [-0.15, -0.1) is 0 Å². The predicted molar refractivity (Wildman–Crippen MR) is 89.7 cm³/mol. The molecule has 1 N–H and O–H groups in total. The zero-order valence-corrected chi connectivity index (χ0v) is 14.0. The van der Waals surface area contributed by atoms with Crippen LogP contribution in [0.25, 0.3) is 11.1 Å². The fourth-order valence-corrected chi connectivity index (χ4v) is 2.74. The molecule has 1 aromatic carbocycles. The Hall–Kier alpha value is -1.32. The molecule has 1 heterocycles. The van der Waals surface area contributed by atoms with Gasteiger partial charge in [-0.25, -0.2) is 0 Å². The number of aryl methyl sites for hydroxylation is 1. The van der Waals surface area contributed by atoms with E-state index in [1.165, 1.54) is 5.56 Å². The highest BCUT2D eigenvalue weighted by atomic mass is 35.5. The van der Waals surface area contributed by atoms with Gasteiger partial charge in [-0.2, -0.15) is 5.10 Å². The van der Waals surface area contributed by atoms with E-state index in [0.29, 0.717) is 5.92 Å². The van der Waals surface area contributed by atoms with Gasteiger partial charge >= 0.3 is 0 Å². The van der Waals surface area contributed by atoms with E-state index in [9.17, 15) is 0 Å². The van der Waals surface area contributed by atoms with E-state index in [1.807, 2.05) is 17.9 Å². The molecule has 0 aliphatic heterocycles. The fraction of sp³-hybridized carbons (Fsp3) is 0.471. The summed E-state index contributed by atoms with van der Waals surface area (Å²) < 4.78 is 1.86. The van der Waals surface area contributed by atoms with Gasteiger partial charge in [-0.05, 0) is 30.5 Å². The Bertz CT molecular complexity index is 602. The molecule has 0 amide bonds. The summed E-state index contributed by atoms with van der Waals surface area (Å²) in [5, 5.41) is 8.75. The molecule has 0 unspecified atom stereocenters. The number of nitrogens with zero attached hydrogens (tertiary/aromatic N) is 2. The van der Waals surface area contributed by atoms with Crippen molar-refractivity contribution < 1.29 is 0 Å². The van der Waals surface area contributed by atoms with Gasteiger partial charge in [0.2, 0.25) is 0 Å². The number of aromatic nitrogens is 2. The quantitative estimate of drug-likeness (QED) is 0.803. The molecule has 0 saturated heterocycles. The molecule has 114 valence electrons. The highest BCUT2D eigenvalue weighted by Gasteiger charge is 2.15. The van der Waals surface area contributed by atoms with Gasteiger partial charge in [0.15, 0.2) is 0 Å². The number of hydrogen-bond donors (Lipinski definition) is 1. The summed E-state index contributed by atoms with van der Waals surface area (Å²) in [6.07, 6.45) is 3.19. The summed E-state index contributed by atoms with van der Waals surface area (Å²) in [6.45, 7) is 8.36. The third-order valence-electron chi connectivity index (χ3n) is 3.48. The second kappa shape index (κ2) is 7.10. The van der Waals surface area contributed by atoms with E-state index in [1.54, 1.807) is 0 Å². The first-order chi connectivity index (χ1) is 10.0. The Morgan fingerprint density at radius 1 is 1.29 bits per heavy atom. The molecule has 0 aliphatic rings. The van der Waals surface area contributed by atoms with Gasteiger partial charge in [0.05, 0.1) is 5.69 Å². The van der Waals surface area contributed by atoms with Crippen LogP contribution in [0.15, 0.2) is 24.4 Å². The molecule has 0 spiro atoms. The van der Waals surface area contributed by atoms with Crippen molar-refractivity contribution in [2.45, 2.75) is 39.7 Å². The monoisotopic (exact) mass is 305 g/mol. The van der Waals surface area contributed by atoms with Crippen molar-refractivity contribution in [1.82, 2.24) is 15.1 Å². The van der Waals surface area contributed by atoms with Crippen LogP contribution >= 0.6 is 11.6 Å². The normalized spacial score (nSPS) is 11.3. The average molecular weight is 306 g/mol. The van der Waals surface area contributed by atoms with E-state index < -0.39 is 0 Å². The lowest BCUT2D eigenvalue weighted by atomic mass is 9.99. The number of rotatable bonds is 6. The van der Waals surface area contributed by atoms with Gasteiger partial charge in [-0.1, -0.05) is 44.5 Å². The summed E-state index contributed by atoms with van der Waals surface area (Å²) in [5.74, 6) is 0.378. The topological polar surface area (TPSA) is 29.9 Å². The lowest BCUT2D eigenvalue weighted by molar-refractivity contribution is 0.675. The third-order valence-corrected chi connectivity index (χ3v) is 3.80. The standard InChI is InChI=1S/C17H24ClN3/c1-5-8-19-10-13-6-7-14(16(18)9-13)15-11-21(4)20-17(15)12(2)3/h6-7,9,11-12,19H,5,8,10H2,1-4H3. The zero-order chi connectivity index (χ0) is 15.4. The van der Waals surface area contributed by atoms with Crippen molar-refractivity contribution in [2.75, 3.05) is 6.54 Å². The molecule has 21 heavy (non-hydrogen) atoms. The molecule has 0 radical (unpaired) electrons. The van der Waals surface area contributed by atoms with Crippen molar-refractivity contribution in [3.05, 3.63) is 40.7 Å². The van der Waals surface area contributed by atoms with Crippen molar-refractivity contribution in [3.63, 3.8) is 0 Å². The van der Waals surface area contributed by atoms with Crippen LogP contribution in [-0.4, -0.2) is 16.3 Å². The predicted octanol–water partition coefficient (Wildman–Crippen LogP) is 4.36.